The summed E-state index contributed by atoms with van der Waals surface area (Å²) in [6.07, 6.45) is 3.50. The standard InChI is InChI=1S/C17H22N6O/c1-6-23-12(4)14(8-19-23)11(3)21-17(24)13-7-10(2)20-16-15(13)9-18-22(16)5/h7-9,11H,6H2,1-5H3,(H,21,24)/t11-/m1/s1. The summed E-state index contributed by atoms with van der Waals surface area (Å²) in [5.41, 5.74) is 4.20. The van der Waals surface area contributed by atoms with Crippen LogP contribution < -0.4 is 5.32 Å². The summed E-state index contributed by atoms with van der Waals surface area (Å²) in [5, 5.41) is 12.4. The van der Waals surface area contributed by atoms with Gasteiger partial charge in [-0.25, -0.2) is 4.98 Å². The lowest BCUT2D eigenvalue weighted by atomic mass is 10.1. The largest absolute Gasteiger partial charge is 0.345 e. The Bertz CT molecular complexity index is 907. The maximum Gasteiger partial charge on any atom is 0.252 e. The van der Waals surface area contributed by atoms with Crippen LogP contribution in [-0.4, -0.2) is 30.5 Å². The Kier molecular flexibility index (Phi) is 4.09. The molecule has 3 rings (SSSR count). The topological polar surface area (TPSA) is 77.6 Å². The van der Waals surface area contributed by atoms with E-state index in [1.807, 2.05) is 45.6 Å². The Morgan fingerprint density at radius 3 is 2.71 bits per heavy atom. The Balaban J connectivity index is 1.91. The van der Waals surface area contributed by atoms with E-state index in [0.29, 0.717) is 11.2 Å². The molecule has 0 saturated heterocycles. The molecule has 0 aliphatic carbocycles. The van der Waals surface area contributed by atoms with Crippen molar-refractivity contribution in [2.45, 2.75) is 40.3 Å². The van der Waals surface area contributed by atoms with E-state index >= 15 is 0 Å². The van der Waals surface area contributed by atoms with Gasteiger partial charge in [-0.3, -0.25) is 14.2 Å². The van der Waals surface area contributed by atoms with Crippen LogP contribution in [0, 0.1) is 13.8 Å². The van der Waals surface area contributed by atoms with Crippen molar-refractivity contribution in [2.75, 3.05) is 0 Å². The van der Waals surface area contributed by atoms with Crippen LogP contribution in [-0.2, 0) is 13.6 Å². The molecule has 0 spiro atoms. The molecule has 3 aromatic rings. The van der Waals surface area contributed by atoms with Crippen molar-refractivity contribution in [3.05, 3.63) is 41.0 Å². The van der Waals surface area contributed by atoms with E-state index in [1.165, 1.54) is 0 Å². The highest BCUT2D eigenvalue weighted by molar-refractivity contribution is 6.05. The zero-order valence-electron chi connectivity index (χ0n) is 14.7. The van der Waals surface area contributed by atoms with E-state index in [4.69, 9.17) is 0 Å². The third-order valence-corrected chi connectivity index (χ3v) is 4.33. The number of hydrogen-bond acceptors (Lipinski definition) is 4. The summed E-state index contributed by atoms with van der Waals surface area (Å²) in [5.74, 6) is -0.130. The summed E-state index contributed by atoms with van der Waals surface area (Å²) in [6, 6.07) is 1.67. The van der Waals surface area contributed by atoms with Crippen LogP contribution in [0.3, 0.4) is 0 Å². The number of rotatable bonds is 4. The molecular formula is C17H22N6O. The van der Waals surface area contributed by atoms with Gasteiger partial charge in [0.25, 0.3) is 5.91 Å². The molecule has 3 heterocycles. The Labute approximate surface area is 140 Å². The number of aryl methyl sites for hydroxylation is 3. The molecule has 0 fully saturated rings. The Hall–Kier alpha value is -2.70. The van der Waals surface area contributed by atoms with Gasteiger partial charge in [0.15, 0.2) is 5.65 Å². The maximum absolute atomic E-state index is 12.8. The van der Waals surface area contributed by atoms with Gasteiger partial charge in [-0.2, -0.15) is 10.2 Å². The highest BCUT2D eigenvalue weighted by atomic mass is 16.1. The van der Waals surface area contributed by atoms with Gasteiger partial charge in [-0.15, -0.1) is 0 Å². The predicted molar refractivity (Wildman–Crippen MR) is 91.8 cm³/mol. The lowest BCUT2D eigenvalue weighted by Gasteiger charge is -2.14. The molecule has 0 unspecified atom stereocenters. The molecule has 7 nitrogen and oxygen atoms in total. The zero-order valence-corrected chi connectivity index (χ0v) is 14.7. The van der Waals surface area contributed by atoms with Crippen molar-refractivity contribution in [2.24, 2.45) is 7.05 Å². The molecule has 0 aliphatic heterocycles. The van der Waals surface area contributed by atoms with Crippen molar-refractivity contribution in [3.63, 3.8) is 0 Å². The summed E-state index contributed by atoms with van der Waals surface area (Å²) >= 11 is 0. The normalized spacial score (nSPS) is 12.5. The van der Waals surface area contributed by atoms with Gasteiger partial charge in [0, 0.05) is 30.5 Å². The van der Waals surface area contributed by atoms with Gasteiger partial charge in [-0.1, -0.05) is 0 Å². The van der Waals surface area contributed by atoms with Crippen molar-refractivity contribution in [3.8, 4) is 0 Å². The number of fused-ring (bicyclic) bond motifs is 1. The van der Waals surface area contributed by atoms with Gasteiger partial charge in [0.05, 0.1) is 29.4 Å². The first-order valence-corrected chi connectivity index (χ1v) is 8.04. The average Bonchev–Trinajstić information content (AvgIpc) is 3.10. The van der Waals surface area contributed by atoms with Crippen LogP contribution >= 0.6 is 0 Å². The van der Waals surface area contributed by atoms with Crippen LogP contribution in [0.15, 0.2) is 18.5 Å². The molecule has 0 bridgehead atoms. The molecule has 126 valence electrons. The number of hydrogen-bond donors (Lipinski definition) is 1. The third kappa shape index (κ3) is 2.66. The van der Waals surface area contributed by atoms with Gasteiger partial charge in [-0.05, 0) is 33.8 Å². The second-order valence-electron chi connectivity index (χ2n) is 6.01. The predicted octanol–water partition coefficient (Wildman–Crippen LogP) is 2.29. The lowest BCUT2D eigenvalue weighted by Crippen LogP contribution is -2.27. The fraction of sp³-hybridized carbons (Fsp3) is 0.412. The second kappa shape index (κ2) is 6.07. The van der Waals surface area contributed by atoms with Crippen LogP contribution in [0.4, 0.5) is 0 Å². The minimum absolute atomic E-state index is 0.127. The molecule has 0 saturated carbocycles. The minimum atomic E-state index is -0.130. The molecule has 1 atom stereocenters. The number of pyridine rings is 1. The number of nitrogens with one attached hydrogen (secondary N) is 1. The summed E-state index contributed by atoms with van der Waals surface area (Å²) in [7, 11) is 1.82. The van der Waals surface area contributed by atoms with Crippen molar-refractivity contribution >= 4 is 16.9 Å². The average molecular weight is 326 g/mol. The third-order valence-electron chi connectivity index (χ3n) is 4.33. The van der Waals surface area contributed by atoms with Crippen LogP contribution in [0.5, 0.6) is 0 Å². The van der Waals surface area contributed by atoms with Gasteiger partial charge in [0.1, 0.15) is 0 Å². The molecule has 3 aromatic heterocycles. The highest BCUT2D eigenvalue weighted by Gasteiger charge is 2.19. The monoisotopic (exact) mass is 326 g/mol. The molecule has 1 N–H and O–H groups in total. The summed E-state index contributed by atoms with van der Waals surface area (Å²) in [6.45, 7) is 8.72. The van der Waals surface area contributed by atoms with Gasteiger partial charge in [0.2, 0.25) is 0 Å². The van der Waals surface area contributed by atoms with E-state index in [2.05, 4.69) is 20.5 Å². The molecule has 24 heavy (non-hydrogen) atoms. The zero-order chi connectivity index (χ0) is 17.4. The molecule has 0 aliphatic rings. The van der Waals surface area contributed by atoms with E-state index < -0.39 is 0 Å². The van der Waals surface area contributed by atoms with E-state index in [9.17, 15) is 4.79 Å². The van der Waals surface area contributed by atoms with E-state index in [1.54, 1.807) is 16.9 Å². The molecular weight excluding hydrogens is 304 g/mol. The minimum Gasteiger partial charge on any atom is -0.345 e. The van der Waals surface area contributed by atoms with Crippen LogP contribution in [0.1, 0.15) is 47.2 Å². The van der Waals surface area contributed by atoms with Crippen molar-refractivity contribution in [1.82, 2.24) is 29.9 Å². The smallest absolute Gasteiger partial charge is 0.252 e. The number of carbonyl (C=O) groups excluding carboxylic acids is 1. The number of nitrogens with zero attached hydrogens (tertiary/aromatic N) is 5. The van der Waals surface area contributed by atoms with E-state index in [-0.39, 0.29) is 11.9 Å². The first-order valence-electron chi connectivity index (χ1n) is 8.04. The van der Waals surface area contributed by atoms with Crippen LogP contribution in [0.25, 0.3) is 11.0 Å². The summed E-state index contributed by atoms with van der Waals surface area (Å²) < 4.78 is 3.60. The molecule has 0 aromatic carbocycles. The van der Waals surface area contributed by atoms with E-state index in [0.717, 1.165) is 28.9 Å². The van der Waals surface area contributed by atoms with Crippen molar-refractivity contribution in [1.29, 1.82) is 0 Å². The van der Waals surface area contributed by atoms with Gasteiger partial charge < -0.3 is 5.32 Å². The first kappa shape index (κ1) is 16.2. The molecule has 0 radical (unpaired) electrons. The quantitative estimate of drug-likeness (QED) is 0.798. The highest BCUT2D eigenvalue weighted by Crippen LogP contribution is 2.21. The Morgan fingerprint density at radius 1 is 1.29 bits per heavy atom. The number of amides is 1. The fourth-order valence-electron chi connectivity index (χ4n) is 2.98. The first-order chi connectivity index (χ1) is 11.4. The van der Waals surface area contributed by atoms with Crippen LogP contribution in [0.2, 0.25) is 0 Å². The SMILES string of the molecule is CCn1ncc([C@@H](C)NC(=O)c2cc(C)nc3c2cnn3C)c1C. The molecule has 1 amide bonds. The fourth-order valence-corrected chi connectivity index (χ4v) is 2.98. The van der Waals surface area contributed by atoms with Gasteiger partial charge >= 0.3 is 0 Å². The number of carbonyl (C=O) groups is 1. The lowest BCUT2D eigenvalue weighted by molar-refractivity contribution is 0.0941. The summed E-state index contributed by atoms with van der Waals surface area (Å²) in [4.78, 5) is 17.2. The van der Waals surface area contributed by atoms with Crippen molar-refractivity contribution < 1.29 is 4.79 Å². The maximum atomic E-state index is 12.8. The second-order valence-corrected chi connectivity index (χ2v) is 6.01. The Morgan fingerprint density at radius 2 is 2.04 bits per heavy atom. The molecule has 7 heteroatoms. The number of aromatic nitrogens is 5.